The van der Waals surface area contributed by atoms with E-state index in [0.29, 0.717) is 16.7 Å². The summed E-state index contributed by atoms with van der Waals surface area (Å²) in [5.74, 6) is -0.750. The standard InChI is InChI=1S/C45H26N4O2/c1-3-12-27(13-4-1)43-46-44(28-14-5-2-6-15-28)48-45(47-43)29-22-23-31-32-18-11-20-37(41(32)51-39(31)26-29)49-35-19-9-7-17-34(35)40-36(49)25-24-33-30-16-8-10-21-38(30)50-42(33)40/h1-26H/i1D,2D,3D,4D,5D,6D,12D,13D,14D,15D. The molecule has 51 heavy (non-hydrogen) atoms. The van der Waals surface area contributed by atoms with Crippen LogP contribution in [-0.4, -0.2) is 19.5 Å². The molecule has 6 heteroatoms. The summed E-state index contributed by atoms with van der Waals surface area (Å²) in [5, 5.41) is 5.63. The van der Waals surface area contributed by atoms with E-state index in [1.807, 2.05) is 54.6 Å². The van der Waals surface area contributed by atoms with E-state index in [1.54, 1.807) is 12.1 Å². The van der Waals surface area contributed by atoms with Gasteiger partial charge >= 0.3 is 0 Å². The third-order valence-electron chi connectivity index (χ3n) is 9.24. The van der Waals surface area contributed by atoms with Gasteiger partial charge in [-0.15, -0.1) is 0 Å². The van der Waals surface area contributed by atoms with Crippen LogP contribution in [0.2, 0.25) is 0 Å². The van der Waals surface area contributed by atoms with Gasteiger partial charge in [-0.05, 0) is 42.5 Å². The van der Waals surface area contributed by atoms with E-state index in [0.717, 1.165) is 60.2 Å². The van der Waals surface area contributed by atoms with Crippen LogP contribution >= 0.6 is 0 Å². The molecule has 238 valence electrons. The highest BCUT2D eigenvalue weighted by Gasteiger charge is 2.22. The molecule has 6 nitrogen and oxygen atoms in total. The third-order valence-corrected chi connectivity index (χ3v) is 9.24. The minimum atomic E-state index is -0.618. The maximum Gasteiger partial charge on any atom is 0.164 e. The van der Waals surface area contributed by atoms with Gasteiger partial charge in [0.05, 0.1) is 35.8 Å². The Morgan fingerprint density at radius 1 is 0.451 bits per heavy atom. The smallest absolute Gasteiger partial charge is 0.164 e. The van der Waals surface area contributed by atoms with Crippen molar-refractivity contribution >= 4 is 65.7 Å². The van der Waals surface area contributed by atoms with Crippen molar-refractivity contribution in [1.82, 2.24) is 19.5 Å². The first kappa shape index (κ1) is 19.8. The van der Waals surface area contributed by atoms with Crippen molar-refractivity contribution in [2.75, 3.05) is 0 Å². The van der Waals surface area contributed by atoms with Crippen molar-refractivity contribution in [3.05, 3.63) is 157 Å². The number of hydrogen-bond acceptors (Lipinski definition) is 5. The fourth-order valence-electron chi connectivity index (χ4n) is 7.05. The van der Waals surface area contributed by atoms with Crippen molar-refractivity contribution in [2.45, 2.75) is 0 Å². The molecule has 0 amide bonds. The highest BCUT2D eigenvalue weighted by Crippen LogP contribution is 2.43. The number of rotatable bonds is 4. The molecule has 0 radical (unpaired) electrons. The van der Waals surface area contributed by atoms with Crippen LogP contribution in [0.3, 0.4) is 0 Å². The Bertz CT molecular complexity index is 3600. The zero-order valence-corrected chi connectivity index (χ0v) is 26.3. The molecular formula is C45H26N4O2. The number of fused-ring (bicyclic) bond motifs is 10. The van der Waals surface area contributed by atoms with Gasteiger partial charge in [0.1, 0.15) is 16.7 Å². The second-order valence-electron chi connectivity index (χ2n) is 12.1. The van der Waals surface area contributed by atoms with Crippen LogP contribution in [-0.2, 0) is 0 Å². The fraction of sp³-hybridized carbons (Fsp3) is 0. The summed E-state index contributed by atoms with van der Waals surface area (Å²) in [6, 6.07) is 25.5. The summed E-state index contributed by atoms with van der Waals surface area (Å²) in [6.07, 6.45) is 0. The molecule has 0 spiro atoms. The second-order valence-corrected chi connectivity index (χ2v) is 12.1. The molecule has 0 aliphatic carbocycles. The Hall–Kier alpha value is -7.05. The summed E-state index contributed by atoms with van der Waals surface area (Å²) >= 11 is 0. The van der Waals surface area contributed by atoms with Gasteiger partial charge in [-0.3, -0.25) is 0 Å². The van der Waals surface area contributed by atoms with Crippen LogP contribution in [0.5, 0.6) is 0 Å². The SMILES string of the molecule is [2H]c1c([2H])c([2H])c(-c2nc(-c3ccc4c(c3)oc3c(-n5c6ccccc6c6c7oc8ccccc8c7ccc65)cccc34)nc(-c3c([2H])c([2H])c([2H])c([2H])c3[2H])n2)c([2H])c1[2H]. The van der Waals surface area contributed by atoms with Crippen LogP contribution < -0.4 is 0 Å². The lowest BCUT2D eigenvalue weighted by Crippen LogP contribution is -2.00. The Morgan fingerprint density at radius 3 is 1.80 bits per heavy atom. The number of benzene rings is 7. The molecule has 0 atom stereocenters. The van der Waals surface area contributed by atoms with E-state index in [2.05, 4.69) is 49.9 Å². The Labute approximate surface area is 304 Å². The van der Waals surface area contributed by atoms with Crippen molar-refractivity contribution in [3.8, 4) is 39.9 Å². The van der Waals surface area contributed by atoms with Crippen molar-refractivity contribution < 1.29 is 22.5 Å². The third kappa shape index (κ3) is 4.20. The number of aromatic nitrogens is 4. The van der Waals surface area contributed by atoms with E-state index >= 15 is 0 Å². The van der Waals surface area contributed by atoms with E-state index in [9.17, 15) is 0 Å². The Morgan fingerprint density at radius 2 is 1.04 bits per heavy atom. The summed E-state index contributed by atoms with van der Waals surface area (Å²) in [5.41, 5.74) is 4.97. The lowest BCUT2D eigenvalue weighted by Gasteiger charge is -2.08. The topological polar surface area (TPSA) is 69.9 Å². The normalized spacial score (nSPS) is 14.7. The average Bonchev–Trinajstić information content (AvgIpc) is 3.95. The highest BCUT2D eigenvalue weighted by atomic mass is 16.3. The quantitative estimate of drug-likeness (QED) is 0.187. The van der Waals surface area contributed by atoms with Crippen LogP contribution in [0.1, 0.15) is 13.7 Å². The van der Waals surface area contributed by atoms with Gasteiger partial charge in [-0.1, -0.05) is 115 Å². The number of para-hydroxylation sites is 3. The van der Waals surface area contributed by atoms with Gasteiger partial charge in [-0.25, -0.2) is 15.0 Å². The Kier molecular flexibility index (Phi) is 4.17. The molecule has 11 aromatic rings. The molecule has 4 aromatic heterocycles. The van der Waals surface area contributed by atoms with Crippen molar-refractivity contribution in [1.29, 1.82) is 0 Å². The highest BCUT2D eigenvalue weighted by molar-refractivity contribution is 6.24. The first-order valence-electron chi connectivity index (χ1n) is 21.1. The molecule has 0 aliphatic rings. The molecule has 0 aliphatic heterocycles. The second kappa shape index (κ2) is 10.7. The largest absolute Gasteiger partial charge is 0.455 e. The maximum absolute atomic E-state index is 8.66. The van der Waals surface area contributed by atoms with Gasteiger partial charge in [-0.2, -0.15) is 0 Å². The van der Waals surface area contributed by atoms with E-state index in [1.165, 1.54) is 0 Å². The number of nitrogens with zero attached hydrogens (tertiary/aromatic N) is 4. The van der Waals surface area contributed by atoms with E-state index in [4.69, 9.17) is 22.5 Å². The molecule has 0 unspecified atom stereocenters. The number of hydrogen-bond donors (Lipinski definition) is 0. The van der Waals surface area contributed by atoms with Gasteiger partial charge in [0.2, 0.25) is 0 Å². The van der Waals surface area contributed by atoms with Gasteiger partial charge in [0, 0.05) is 43.6 Å². The first-order chi connectivity index (χ1) is 29.4. The molecular weight excluding hydrogens is 629 g/mol. The monoisotopic (exact) mass is 664 g/mol. The summed E-state index contributed by atoms with van der Waals surface area (Å²) in [7, 11) is 0. The minimum Gasteiger partial charge on any atom is -0.455 e. The van der Waals surface area contributed by atoms with Crippen LogP contribution in [0.15, 0.2) is 166 Å². The fourth-order valence-corrected chi connectivity index (χ4v) is 7.05. The molecule has 0 saturated heterocycles. The van der Waals surface area contributed by atoms with Gasteiger partial charge in [0.25, 0.3) is 0 Å². The van der Waals surface area contributed by atoms with E-state index < -0.39 is 60.4 Å². The Balaban J connectivity index is 1.14. The predicted octanol–water partition coefficient (Wildman–Crippen LogP) is 11.8. The zero-order chi connectivity index (χ0) is 42.2. The summed E-state index contributed by atoms with van der Waals surface area (Å²) in [6.45, 7) is 0. The molecule has 7 aromatic carbocycles. The average molecular weight is 665 g/mol. The summed E-state index contributed by atoms with van der Waals surface area (Å²) in [4.78, 5) is 13.6. The maximum atomic E-state index is 8.66. The summed E-state index contributed by atoms with van der Waals surface area (Å²) < 4.78 is 99.5. The lowest BCUT2D eigenvalue weighted by atomic mass is 10.1. The molecule has 0 N–H and O–H groups in total. The number of furan rings is 2. The molecule has 0 saturated carbocycles. The minimum absolute atomic E-state index is 0.0570. The van der Waals surface area contributed by atoms with Gasteiger partial charge in [0.15, 0.2) is 23.1 Å². The van der Waals surface area contributed by atoms with Crippen molar-refractivity contribution in [3.63, 3.8) is 0 Å². The van der Waals surface area contributed by atoms with Crippen LogP contribution in [0, 0.1) is 0 Å². The lowest BCUT2D eigenvalue weighted by molar-refractivity contribution is 0.666. The van der Waals surface area contributed by atoms with Crippen LogP contribution in [0.25, 0.3) is 106 Å². The molecule has 11 rings (SSSR count). The molecule has 0 fully saturated rings. The van der Waals surface area contributed by atoms with Crippen molar-refractivity contribution in [2.24, 2.45) is 0 Å². The van der Waals surface area contributed by atoms with Crippen LogP contribution in [0.4, 0.5) is 0 Å². The zero-order valence-electron chi connectivity index (χ0n) is 36.3. The predicted molar refractivity (Wildman–Crippen MR) is 205 cm³/mol. The first-order valence-corrected chi connectivity index (χ1v) is 16.1. The molecule has 4 heterocycles. The molecule has 0 bridgehead atoms. The van der Waals surface area contributed by atoms with E-state index in [-0.39, 0.29) is 28.6 Å². The van der Waals surface area contributed by atoms with Gasteiger partial charge < -0.3 is 13.4 Å².